The van der Waals surface area contributed by atoms with Gasteiger partial charge in [0.2, 0.25) is 5.91 Å². The van der Waals surface area contributed by atoms with Crippen molar-refractivity contribution in [2.75, 3.05) is 19.7 Å². The highest BCUT2D eigenvalue weighted by Gasteiger charge is 2.28. The summed E-state index contributed by atoms with van der Waals surface area (Å²) in [5, 5.41) is 6.40. The molecule has 108 valence electrons. The summed E-state index contributed by atoms with van der Waals surface area (Å²) < 4.78 is 5.53. The zero-order valence-corrected chi connectivity index (χ0v) is 11.9. The van der Waals surface area contributed by atoms with E-state index in [1.807, 2.05) is 18.2 Å². The first-order chi connectivity index (χ1) is 9.75. The van der Waals surface area contributed by atoms with Gasteiger partial charge in [-0.05, 0) is 30.9 Å². The van der Waals surface area contributed by atoms with E-state index in [1.165, 1.54) is 5.56 Å². The van der Waals surface area contributed by atoms with Crippen LogP contribution in [0.15, 0.2) is 24.3 Å². The predicted octanol–water partition coefficient (Wildman–Crippen LogP) is 1.41. The molecule has 1 saturated heterocycles. The molecule has 2 aliphatic rings. The van der Waals surface area contributed by atoms with Gasteiger partial charge in [0.05, 0.1) is 6.10 Å². The van der Waals surface area contributed by atoms with Gasteiger partial charge >= 0.3 is 0 Å². The Hall–Kier alpha value is -1.39. The molecule has 0 radical (unpaired) electrons. The van der Waals surface area contributed by atoms with Crippen LogP contribution in [0.1, 0.15) is 30.5 Å². The van der Waals surface area contributed by atoms with Crippen LogP contribution in [0.2, 0.25) is 0 Å². The molecule has 3 unspecified atom stereocenters. The molecule has 3 rings (SSSR count). The van der Waals surface area contributed by atoms with Crippen molar-refractivity contribution in [2.24, 2.45) is 5.92 Å². The van der Waals surface area contributed by atoms with E-state index in [2.05, 4.69) is 23.6 Å². The van der Waals surface area contributed by atoms with Gasteiger partial charge in [0.15, 0.2) is 0 Å². The maximum Gasteiger partial charge on any atom is 0.241 e. The summed E-state index contributed by atoms with van der Waals surface area (Å²) in [5.74, 6) is 0.522. The van der Waals surface area contributed by atoms with E-state index >= 15 is 0 Å². The minimum absolute atomic E-state index is 0.0799. The number of nitrogens with one attached hydrogen (secondary N) is 2. The summed E-state index contributed by atoms with van der Waals surface area (Å²) in [4.78, 5) is 12.4. The number of fused-ring (bicyclic) bond motifs is 1. The van der Waals surface area contributed by atoms with Crippen LogP contribution in [0.4, 0.5) is 0 Å². The molecule has 0 aliphatic carbocycles. The fraction of sp³-hybridized carbons (Fsp3) is 0.562. The second-order valence-corrected chi connectivity index (χ2v) is 5.71. The molecule has 1 aromatic rings. The third-order valence-corrected chi connectivity index (χ3v) is 4.44. The highest BCUT2D eigenvalue weighted by atomic mass is 16.5. The quantitative estimate of drug-likeness (QED) is 0.876. The fourth-order valence-corrected chi connectivity index (χ4v) is 3.12. The predicted molar refractivity (Wildman–Crippen MR) is 77.4 cm³/mol. The topological polar surface area (TPSA) is 50.4 Å². The SMILES string of the molecule is CC1OCCC1CNC(=O)C1NCCc2ccccc21. The minimum atomic E-state index is -0.211. The van der Waals surface area contributed by atoms with E-state index in [0.717, 1.165) is 31.6 Å². The Kier molecular flexibility index (Phi) is 4.03. The van der Waals surface area contributed by atoms with Crippen LogP contribution in [0.25, 0.3) is 0 Å². The Bertz CT molecular complexity index is 489. The van der Waals surface area contributed by atoms with Gasteiger partial charge in [-0.2, -0.15) is 0 Å². The fourth-order valence-electron chi connectivity index (χ4n) is 3.12. The number of hydrogen-bond donors (Lipinski definition) is 2. The van der Waals surface area contributed by atoms with Gasteiger partial charge in [-0.3, -0.25) is 4.79 Å². The van der Waals surface area contributed by atoms with Crippen LogP contribution >= 0.6 is 0 Å². The molecule has 2 N–H and O–H groups in total. The van der Waals surface area contributed by atoms with E-state index in [1.54, 1.807) is 0 Å². The number of carbonyl (C=O) groups excluding carboxylic acids is 1. The first kappa shape index (κ1) is 13.6. The van der Waals surface area contributed by atoms with E-state index in [4.69, 9.17) is 4.74 Å². The molecule has 0 aromatic heterocycles. The number of carbonyl (C=O) groups is 1. The van der Waals surface area contributed by atoms with Crippen molar-refractivity contribution < 1.29 is 9.53 Å². The molecule has 3 atom stereocenters. The van der Waals surface area contributed by atoms with Crippen molar-refractivity contribution in [3.63, 3.8) is 0 Å². The van der Waals surface area contributed by atoms with Gasteiger partial charge in [-0.15, -0.1) is 0 Å². The largest absolute Gasteiger partial charge is 0.378 e. The van der Waals surface area contributed by atoms with Crippen LogP contribution in [0.3, 0.4) is 0 Å². The lowest BCUT2D eigenvalue weighted by Crippen LogP contribution is -2.43. The van der Waals surface area contributed by atoms with Gasteiger partial charge in [0, 0.05) is 25.6 Å². The third kappa shape index (κ3) is 2.72. The molecule has 2 heterocycles. The first-order valence-corrected chi connectivity index (χ1v) is 7.46. The van der Waals surface area contributed by atoms with E-state index < -0.39 is 0 Å². The maximum atomic E-state index is 12.4. The van der Waals surface area contributed by atoms with Gasteiger partial charge < -0.3 is 15.4 Å². The molecule has 0 bridgehead atoms. The molecule has 1 aromatic carbocycles. The molecule has 0 saturated carbocycles. The van der Waals surface area contributed by atoms with Gasteiger partial charge in [-0.25, -0.2) is 0 Å². The number of ether oxygens (including phenoxy) is 1. The highest BCUT2D eigenvalue weighted by Crippen LogP contribution is 2.23. The lowest BCUT2D eigenvalue weighted by molar-refractivity contribution is -0.123. The molecule has 4 nitrogen and oxygen atoms in total. The summed E-state index contributed by atoms with van der Waals surface area (Å²) in [6.07, 6.45) is 2.28. The van der Waals surface area contributed by atoms with Crippen molar-refractivity contribution in [3.8, 4) is 0 Å². The molecule has 20 heavy (non-hydrogen) atoms. The van der Waals surface area contributed by atoms with Crippen molar-refractivity contribution in [2.45, 2.75) is 31.9 Å². The van der Waals surface area contributed by atoms with E-state index in [-0.39, 0.29) is 18.1 Å². The molecular weight excluding hydrogens is 252 g/mol. The lowest BCUT2D eigenvalue weighted by Gasteiger charge is -2.26. The van der Waals surface area contributed by atoms with E-state index in [9.17, 15) is 4.79 Å². The van der Waals surface area contributed by atoms with Crippen LogP contribution < -0.4 is 10.6 Å². The van der Waals surface area contributed by atoms with Crippen LogP contribution in [-0.2, 0) is 16.0 Å². The summed E-state index contributed by atoms with van der Waals surface area (Å²) in [7, 11) is 0. The number of hydrogen-bond acceptors (Lipinski definition) is 3. The van der Waals surface area contributed by atoms with Crippen molar-refractivity contribution in [1.29, 1.82) is 0 Å². The average molecular weight is 274 g/mol. The molecule has 0 spiro atoms. The second kappa shape index (κ2) is 5.94. The first-order valence-electron chi connectivity index (χ1n) is 7.46. The smallest absolute Gasteiger partial charge is 0.241 e. The molecule has 1 fully saturated rings. The molecule has 1 amide bonds. The Morgan fingerprint density at radius 2 is 2.30 bits per heavy atom. The maximum absolute atomic E-state index is 12.4. The zero-order valence-electron chi connectivity index (χ0n) is 11.9. The Balaban J connectivity index is 1.63. The third-order valence-electron chi connectivity index (χ3n) is 4.44. The second-order valence-electron chi connectivity index (χ2n) is 5.71. The standard InChI is InChI=1S/C16H22N2O2/c1-11-13(7-9-20-11)10-18-16(19)15-14-5-3-2-4-12(14)6-8-17-15/h2-5,11,13,15,17H,6-10H2,1H3,(H,18,19). The summed E-state index contributed by atoms with van der Waals surface area (Å²) in [6, 6.07) is 7.99. The van der Waals surface area contributed by atoms with Crippen molar-refractivity contribution in [3.05, 3.63) is 35.4 Å². The van der Waals surface area contributed by atoms with Gasteiger partial charge in [0.1, 0.15) is 6.04 Å². The highest BCUT2D eigenvalue weighted by molar-refractivity contribution is 5.83. The molecule has 4 heteroatoms. The molecular formula is C16H22N2O2. The van der Waals surface area contributed by atoms with Crippen molar-refractivity contribution >= 4 is 5.91 Å². The Labute approximate surface area is 119 Å². The van der Waals surface area contributed by atoms with Crippen LogP contribution in [0.5, 0.6) is 0 Å². The Morgan fingerprint density at radius 1 is 1.45 bits per heavy atom. The number of amides is 1. The normalized spacial score (nSPS) is 28.9. The summed E-state index contributed by atoms with van der Waals surface area (Å²) in [6.45, 7) is 4.46. The number of rotatable bonds is 3. The van der Waals surface area contributed by atoms with Crippen LogP contribution in [0, 0.1) is 5.92 Å². The van der Waals surface area contributed by atoms with Crippen molar-refractivity contribution in [1.82, 2.24) is 10.6 Å². The average Bonchev–Trinajstić information content (AvgIpc) is 2.89. The van der Waals surface area contributed by atoms with Gasteiger partial charge in [-0.1, -0.05) is 24.3 Å². The van der Waals surface area contributed by atoms with Crippen LogP contribution in [-0.4, -0.2) is 31.7 Å². The summed E-state index contributed by atoms with van der Waals surface area (Å²) in [5.41, 5.74) is 2.40. The lowest BCUT2D eigenvalue weighted by atomic mass is 9.93. The monoisotopic (exact) mass is 274 g/mol. The molecule has 2 aliphatic heterocycles. The summed E-state index contributed by atoms with van der Waals surface area (Å²) >= 11 is 0. The van der Waals surface area contributed by atoms with E-state index in [0.29, 0.717) is 12.5 Å². The zero-order chi connectivity index (χ0) is 13.9. The Morgan fingerprint density at radius 3 is 3.10 bits per heavy atom. The minimum Gasteiger partial charge on any atom is -0.378 e. The van der Waals surface area contributed by atoms with Gasteiger partial charge in [0.25, 0.3) is 0 Å². The number of benzene rings is 1.